The highest BCUT2D eigenvalue weighted by atomic mass is 32.1. The second-order valence-corrected chi connectivity index (χ2v) is 10.4. The molecule has 2 aliphatic rings. The van der Waals surface area contributed by atoms with Gasteiger partial charge in [-0.3, -0.25) is 0 Å². The predicted molar refractivity (Wildman–Crippen MR) is 146 cm³/mol. The minimum absolute atomic E-state index is 0.0549. The van der Waals surface area contributed by atoms with Gasteiger partial charge in [-0.05, 0) is 35.9 Å². The van der Waals surface area contributed by atoms with Gasteiger partial charge in [0.2, 0.25) is 0 Å². The molecule has 1 saturated heterocycles. The van der Waals surface area contributed by atoms with Gasteiger partial charge in [-0.15, -0.1) is 11.3 Å². The average molecular weight is 489 g/mol. The van der Waals surface area contributed by atoms with Crippen molar-refractivity contribution in [2.75, 3.05) is 63.3 Å². The third-order valence-corrected chi connectivity index (χ3v) is 7.58. The summed E-state index contributed by atoms with van der Waals surface area (Å²) < 4.78 is 0. The molecule has 1 fully saturated rings. The standard InChI is InChI=1S/C27H32N6OS/c1-30(2)21-11-9-20(10-12-21)29-27(34)33-15-13-32(14-16-33)26-22-17-24(28)35-23(22)18-31(3)25(26)19-7-5-4-6-8-19/h4-12,17H,13-16,18,28H2,1-3H3,(H,29,34). The molecule has 0 radical (unpaired) electrons. The Morgan fingerprint density at radius 2 is 1.66 bits per heavy atom. The van der Waals surface area contributed by atoms with Crippen molar-refractivity contribution in [1.82, 2.24) is 14.7 Å². The van der Waals surface area contributed by atoms with Crippen LogP contribution in [0.5, 0.6) is 0 Å². The number of hydrogen-bond acceptors (Lipinski definition) is 6. The van der Waals surface area contributed by atoms with E-state index in [1.54, 1.807) is 11.3 Å². The first kappa shape index (κ1) is 23.1. The molecule has 7 nitrogen and oxygen atoms in total. The van der Waals surface area contributed by atoms with Crippen LogP contribution in [0.3, 0.4) is 0 Å². The average Bonchev–Trinajstić information content (AvgIpc) is 3.23. The van der Waals surface area contributed by atoms with E-state index in [-0.39, 0.29) is 6.03 Å². The van der Waals surface area contributed by atoms with Crippen molar-refractivity contribution < 1.29 is 4.79 Å². The van der Waals surface area contributed by atoms with Crippen molar-refractivity contribution in [2.45, 2.75) is 6.54 Å². The number of nitrogens with one attached hydrogen (secondary N) is 1. The molecule has 2 aromatic carbocycles. The molecule has 2 amide bonds. The molecular weight excluding hydrogens is 456 g/mol. The quantitative estimate of drug-likeness (QED) is 0.565. The van der Waals surface area contributed by atoms with Gasteiger partial charge in [-0.2, -0.15) is 0 Å². The minimum Gasteiger partial charge on any atom is -0.391 e. The number of hydrogen-bond donors (Lipinski definition) is 2. The van der Waals surface area contributed by atoms with E-state index in [0.29, 0.717) is 13.1 Å². The Morgan fingerprint density at radius 1 is 0.971 bits per heavy atom. The smallest absolute Gasteiger partial charge is 0.321 e. The molecule has 0 aliphatic carbocycles. The second-order valence-electron chi connectivity index (χ2n) is 9.25. The number of rotatable bonds is 4. The Balaban J connectivity index is 1.35. The molecule has 5 rings (SSSR count). The van der Waals surface area contributed by atoms with Crippen LogP contribution in [0.15, 0.2) is 60.7 Å². The number of carbonyl (C=O) groups excluding carboxylic acids is 1. The van der Waals surface area contributed by atoms with E-state index in [2.05, 4.69) is 52.5 Å². The van der Waals surface area contributed by atoms with E-state index in [0.717, 1.165) is 36.0 Å². The Hall–Kier alpha value is -3.65. The van der Waals surface area contributed by atoms with Gasteiger partial charge in [0.25, 0.3) is 0 Å². The summed E-state index contributed by atoms with van der Waals surface area (Å²) in [7, 11) is 6.15. The Labute approximate surface area is 211 Å². The lowest BCUT2D eigenvalue weighted by molar-refractivity contribution is 0.177. The van der Waals surface area contributed by atoms with Gasteiger partial charge in [0, 0.05) is 69.1 Å². The van der Waals surface area contributed by atoms with Crippen molar-refractivity contribution in [3.8, 4) is 0 Å². The highest BCUT2D eigenvalue weighted by molar-refractivity contribution is 7.16. The molecule has 8 heteroatoms. The SMILES string of the molecule is CN1Cc2sc(N)cc2C(N2CCN(C(=O)Nc3ccc(N(C)C)cc3)CC2)=C1c1ccccc1. The third-order valence-electron chi connectivity index (χ3n) is 6.64. The van der Waals surface area contributed by atoms with Crippen LogP contribution in [0.4, 0.5) is 21.2 Å². The van der Waals surface area contributed by atoms with Gasteiger partial charge in [0.15, 0.2) is 0 Å². The maximum absolute atomic E-state index is 13.0. The Bertz CT molecular complexity index is 1230. The van der Waals surface area contributed by atoms with Gasteiger partial charge >= 0.3 is 6.03 Å². The number of carbonyl (C=O) groups is 1. The first-order valence-electron chi connectivity index (χ1n) is 11.9. The van der Waals surface area contributed by atoms with Crippen molar-refractivity contribution in [3.63, 3.8) is 0 Å². The van der Waals surface area contributed by atoms with E-state index < -0.39 is 0 Å². The van der Waals surface area contributed by atoms with Crippen LogP contribution in [0.1, 0.15) is 16.0 Å². The molecule has 3 aromatic rings. The van der Waals surface area contributed by atoms with Crippen LogP contribution in [-0.2, 0) is 6.54 Å². The number of urea groups is 1. The molecule has 3 N–H and O–H groups in total. The topological polar surface area (TPSA) is 68.1 Å². The fourth-order valence-corrected chi connectivity index (χ4v) is 5.81. The summed E-state index contributed by atoms with van der Waals surface area (Å²) in [6.45, 7) is 3.70. The zero-order valence-corrected chi connectivity index (χ0v) is 21.3. The summed E-state index contributed by atoms with van der Waals surface area (Å²) in [4.78, 5) is 22.9. The number of nitrogen functional groups attached to an aromatic ring is 1. The number of fused-ring (bicyclic) bond motifs is 1. The molecule has 0 bridgehead atoms. The number of benzene rings is 2. The maximum Gasteiger partial charge on any atom is 0.321 e. The van der Waals surface area contributed by atoms with Gasteiger partial charge in [-0.1, -0.05) is 30.3 Å². The molecule has 182 valence electrons. The molecule has 0 unspecified atom stereocenters. The summed E-state index contributed by atoms with van der Waals surface area (Å²) in [5.74, 6) is 0. The van der Waals surface area contributed by atoms with Crippen LogP contribution in [0.2, 0.25) is 0 Å². The summed E-state index contributed by atoms with van der Waals surface area (Å²) in [5, 5.41) is 3.89. The number of nitrogens with zero attached hydrogens (tertiary/aromatic N) is 4. The lowest BCUT2D eigenvalue weighted by Gasteiger charge is -2.41. The molecular formula is C27H32N6OS. The Morgan fingerprint density at radius 3 is 2.31 bits per heavy atom. The largest absolute Gasteiger partial charge is 0.391 e. The number of anilines is 3. The first-order chi connectivity index (χ1) is 16.9. The Kier molecular flexibility index (Phi) is 6.30. The van der Waals surface area contributed by atoms with Gasteiger partial charge < -0.3 is 30.7 Å². The number of nitrogens with two attached hydrogens (primary N) is 1. The summed E-state index contributed by atoms with van der Waals surface area (Å²) >= 11 is 1.67. The van der Waals surface area contributed by atoms with Crippen LogP contribution < -0.4 is 16.0 Å². The van der Waals surface area contributed by atoms with E-state index >= 15 is 0 Å². The van der Waals surface area contributed by atoms with E-state index in [9.17, 15) is 4.79 Å². The van der Waals surface area contributed by atoms with Crippen molar-refractivity contribution >= 4 is 45.1 Å². The van der Waals surface area contributed by atoms with Crippen molar-refractivity contribution in [3.05, 3.63) is 76.7 Å². The lowest BCUT2D eigenvalue weighted by Crippen LogP contribution is -2.50. The second kappa shape index (κ2) is 9.54. The minimum atomic E-state index is -0.0549. The van der Waals surface area contributed by atoms with Crippen molar-refractivity contribution in [2.24, 2.45) is 0 Å². The molecule has 35 heavy (non-hydrogen) atoms. The van der Waals surface area contributed by atoms with E-state index in [4.69, 9.17) is 5.73 Å². The predicted octanol–water partition coefficient (Wildman–Crippen LogP) is 4.52. The third kappa shape index (κ3) is 4.66. The normalized spacial score (nSPS) is 15.8. The van der Waals surface area contributed by atoms with E-state index in [1.165, 1.54) is 27.4 Å². The maximum atomic E-state index is 13.0. The number of amides is 2. The van der Waals surface area contributed by atoms with Gasteiger partial charge in [0.1, 0.15) is 0 Å². The van der Waals surface area contributed by atoms with Crippen LogP contribution in [0, 0.1) is 0 Å². The van der Waals surface area contributed by atoms with Crippen LogP contribution in [0.25, 0.3) is 11.4 Å². The molecule has 0 atom stereocenters. The van der Waals surface area contributed by atoms with Crippen LogP contribution >= 0.6 is 11.3 Å². The van der Waals surface area contributed by atoms with Crippen molar-refractivity contribution in [1.29, 1.82) is 0 Å². The highest BCUT2D eigenvalue weighted by Gasteiger charge is 2.32. The van der Waals surface area contributed by atoms with E-state index in [1.807, 2.05) is 54.2 Å². The zero-order valence-electron chi connectivity index (χ0n) is 20.5. The van der Waals surface area contributed by atoms with Gasteiger partial charge in [0.05, 0.1) is 22.9 Å². The molecule has 0 saturated carbocycles. The molecule has 1 aromatic heterocycles. The first-order valence-corrected chi connectivity index (χ1v) is 12.7. The molecule has 2 aliphatic heterocycles. The number of piperazine rings is 1. The fraction of sp³-hybridized carbons (Fsp3) is 0.296. The zero-order chi connectivity index (χ0) is 24.5. The summed E-state index contributed by atoms with van der Waals surface area (Å²) in [6.07, 6.45) is 0. The van der Waals surface area contributed by atoms with Gasteiger partial charge in [-0.25, -0.2) is 4.79 Å². The lowest BCUT2D eigenvalue weighted by atomic mass is 9.99. The fourth-order valence-electron chi connectivity index (χ4n) is 4.82. The van der Waals surface area contributed by atoms with Crippen LogP contribution in [-0.4, -0.2) is 68.1 Å². The monoisotopic (exact) mass is 488 g/mol. The highest BCUT2D eigenvalue weighted by Crippen LogP contribution is 2.42. The molecule has 3 heterocycles. The number of thiophene rings is 1. The molecule has 0 spiro atoms. The summed E-state index contributed by atoms with van der Waals surface area (Å²) in [6, 6.07) is 20.5. The summed E-state index contributed by atoms with van der Waals surface area (Å²) in [5.41, 5.74) is 13.0.